The van der Waals surface area contributed by atoms with Crippen molar-refractivity contribution in [2.24, 2.45) is 0 Å². The molecule has 0 saturated heterocycles. The average molecular weight is 344 g/mol. The van der Waals surface area contributed by atoms with E-state index in [9.17, 15) is 4.39 Å². The van der Waals surface area contributed by atoms with Gasteiger partial charge in [0.1, 0.15) is 5.82 Å². The maximum atomic E-state index is 14.1. The first-order valence-electron chi connectivity index (χ1n) is 6.81. The molecule has 1 nitrogen and oxygen atoms in total. The van der Waals surface area contributed by atoms with Gasteiger partial charge in [-0.3, -0.25) is 0 Å². The van der Waals surface area contributed by atoms with E-state index in [1.54, 1.807) is 6.07 Å². The van der Waals surface area contributed by atoms with Gasteiger partial charge < -0.3 is 5.32 Å². The lowest BCUT2D eigenvalue weighted by Crippen LogP contribution is -2.19. The van der Waals surface area contributed by atoms with Gasteiger partial charge >= 0.3 is 0 Å². The van der Waals surface area contributed by atoms with Crippen molar-refractivity contribution in [1.29, 1.82) is 0 Å². The van der Waals surface area contributed by atoms with Gasteiger partial charge in [-0.25, -0.2) is 4.39 Å². The number of benzene rings is 3. The lowest BCUT2D eigenvalue weighted by Gasteiger charge is -2.20. The van der Waals surface area contributed by atoms with Crippen molar-refractivity contribution in [3.8, 4) is 0 Å². The molecule has 1 unspecified atom stereocenters. The molecule has 0 aliphatic rings. The van der Waals surface area contributed by atoms with Crippen LogP contribution in [0.2, 0.25) is 0 Å². The van der Waals surface area contributed by atoms with E-state index in [0.717, 1.165) is 20.8 Å². The summed E-state index contributed by atoms with van der Waals surface area (Å²) in [6.45, 7) is 0. The molecule has 0 aliphatic carbocycles. The third kappa shape index (κ3) is 2.59. The van der Waals surface area contributed by atoms with Crippen molar-refractivity contribution in [3.63, 3.8) is 0 Å². The van der Waals surface area contributed by atoms with Crippen LogP contribution in [0.25, 0.3) is 10.8 Å². The van der Waals surface area contributed by atoms with E-state index in [2.05, 4.69) is 33.4 Å². The van der Waals surface area contributed by atoms with Crippen LogP contribution >= 0.6 is 15.9 Å². The van der Waals surface area contributed by atoms with Crippen LogP contribution in [0, 0.1) is 5.82 Å². The summed E-state index contributed by atoms with van der Waals surface area (Å²) in [7, 11) is 1.86. The normalized spacial score (nSPS) is 12.5. The highest BCUT2D eigenvalue weighted by molar-refractivity contribution is 9.10. The number of fused-ring (bicyclic) bond motifs is 1. The number of halogens is 2. The molecule has 3 heteroatoms. The van der Waals surface area contributed by atoms with Crippen molar-refractivity contribution in [1.82, 2.24) is 5.32 Å². The maximum Gasteiger partial charge on any atom is 0.128 e. The molecule has 0 saturated carbocycles. The van der Waals surface area contributed by atoms with E-state index in [1.165, 1.54) is 6.07 Å². The summed E-state index contributed by atoms with van der Waals surface area (Å²) in [5.41, 5.74) is 1.73. The lowest BCUT2D eigenvalue weighted by atomic mass is 9.93. The minimum atomic E-state index is -0.191. The Hall–Kier alpha value is -1.71. The second kappa shape index (κ2) is 5.96. The fraction of sp³-hybridized carbons (Fsp3) is 0.111. The van der Waals surface area contributed by atoms with Gasteiger partial charge in [-0.05, 0) is 35.5 Å². The maximum absolute atomic E-state index is 14.1. The summed E-state index contributed by atoms with van der Waals surface area (Å²) in [4.78, 5) is 0. The Morgan fingerprint density at radius 2 is 1.52 bits per heavy atom. The van der Waals surface area contributed by atoms with Crippen LogP contribution in [-0.2, 0) is 0 Å². The molecule has 0 aromatic heterocycles. The third-order valence-corrected chi connectivity index (χ3v) is 4.41. The highest BCUT2D eigenvalue weighted by Gasteiger charge is 2.18. The van der Waals surface area contributed by atoms with Crippen LogP contribution in [0.4, 0.5) is 4.39 Å². The molecule has 0 amide bonds. The molecule has 21 heavy (non-hydrogen) atoms. The van der Waals surface area contributed by atoms with Crippen LogP contribution in [0.3, 0.4) is 0 Å². The molecular weight excluding hydrogens is 329 g/mol. The van der Waals surface area contributed by atoms with E-state index in [0.29, 0.717) is 5.56 Å². The van der Waals surface area contributed by atoms with Crippen molar-refractivity contribution in [2.45, 2.75) is 6.04 Å². The molecule has 0 aliphatic heterocycles. The fourth-order valence-electron chi connectivity index (χ4n) is 2.73. The zero-order valence-electron chi connectivity index (χ0n) is 11.6. The Bertz CT molecular complexity index is 785. The summed E-state index contributed by atoms with van der Waals surface area (Å²) in [6, 6.07) is 18.9. The van der Waals surface area contributed by atoms with Gasteiger partial charge in [0.05, 0.1) is 6.04 Å². The summed E-state index contributed by atoms with van der Waals surface area (Å²) < 4.78 is 15.2. The van der Waals surface area contributed by atoms with Crippen LogP contribution in [0.5, 0.6) is 0 Å². The van der Waals surface area contributed by atoms with Gasteiger partial charge in [0, 0.05) is 10.0 Å². The first-order chi connectivity index (χ1) is 10.2. The number of hydrogen-bond acceptors (Lipinski definition) is 1. The summed E-state index contributed by atoms with van der Waals surface area (Å²) in [6.07, 6.45) is 0. The first kappa shape index (κ1) is 14.2. The molecule has 0 spiro atoms. The number of hydrogen-bond donors (Lipinski definition) is 1. The van der Waals surface area contributed by atoms with E-state index >= 15 is 0 Å². The quantitative estimate of drug-likeness (QED) is 0.701. The molecule has 0 heterocycles. The molecule has 3 aromatic carbocycles. The molecular formula is C18H15BrFN. The fourth-order valence-corrected chi connectivity index (χ4v) is 3.20. The van der Waals surface area contributed by atoms with Crippen LogP contribution in [0.15, 0.2) is 65.1 Å². The summed E-state index contributed by atoms with van der Waals surface area (Å²) in [5, 5.41) is 5.48. The standard InChI is InChI=1S/C18H15BrFN/c1-21-18(15-8-4-5-9-17(15)20)14-10-11-16(19)13-7-3-2-6-12(13)14/h2-11,18,21H,1H3. The van der Waals surface area contributed by atoms with Gasteiger partial charge in [-0.15, -0.1) is 0 Å². The van der Waals surface area contributed by atoms with Crippen molar-refractivity contribution in [2.75, 3.05) is 7.05 Å². The molecule has 0 bridgehead atoms. The zero-order valence-corrected chi connectivity index (χ0v) is 13.2. The van der Waals surface area contributed by atoms with Crippen LogP contribution in [-0.4, -0.2) is 7.05 Å². The molecule has 3 aromatic rings. The smallest absolute Gasteiger partial charge is 0.128 e. The summed E-state index contributed by atoms with van der Waals surface area (Å²) in [5.74, 6) is -0.191. The minimum absolute atomic E-state index is 0.177. The Morgan fingerprint density at radius 3 is 2.24 bits per heavy atom. The predicted molar refractivity (Wildman–Crippen MR) is 89.0 cm³/mol. The van der Waals surface area contributed by atoms with Gasteiger partial charge in [0.2, 0.25) is 0 Å². The van der Waals surface area contributed by atoms with Crippen molar-refractivity contribution >= 4 is 26.7 Å². The second-order valence-electron chi connectivity index (χ2n) is 4.93. The second-order valence-corrected chi connectivity index (χ2v) is 5.78. The van der Waals surface area contributed by atoms with E-state index < -0.39 is 0 Å². The Morgan fingerprint density at radius 1 is 0.857 bits per heavy atom. The van der Waals surface area contributed by atoms with Crippen molar-refractivity contribution < 1.29 is 4.39 Å². The Labute approximate surface area is 131 Å². The largest absolute Gasteiger partial charge is 0.309 e. The molecule has 3 rings (SSSR count). The average Bonchev–Trinajstić information content (AvgIpc) is 2.52. The Kier molecular flexibility index (Phi) is 4.04. The van der Waals surface area contributed by atoms with E-state index in [4.69, 9.17) is 0 Å². The number of rotatable bonds is 3. The van der Waals surface area contributed by atoms with Gasteiger partial charge in [-0.1, -0.05) is 64.5 Å². The van der Waals surface area contributed by atoms with Gasteiger partial charge in [0.25, 0.3) is 0 Å². The Balaban J connectivity index is 2.23. The molecule has 0 fully saturated rings. The predicted octanol–water partition coefficient (Wildman–Crippen LogP) is 5.05. The third-order valence-electron chi connectivity index (χ3n) is 3.72. The molecule has 1 atom stereocenters. The molecule has 0 radical (unpaired) electrons. The summed E-state index contributed by atoms with van der Waals surface area (Å²) >= 11 is 3.58. The topological polar surface area (TPSA) is 12.0 Å². The zero-order chi connectivity index (χ0) is 14.8. The highest BCUT2D eigenvalue weighted by Crippen LogP contribution is 2.33. The molecule has 106 valence electrons. The van der Waals surface area contributed by atoms with Gasteiger partial charge in [-0.2, -0.15) is 0 Å². The minimum Gasteiger partial charge on any atom is -0.309 e. The highest BCUT2D eigenvalue weighted by atomic mass is 79.9. The van der Waals surface area contributed by atoms with Gasteiger partial charge in [0.15, 0.2) is 0 Å². The van der Waals surface area contributed by atoms with E-state index in [1.807, 2.05) is 43.4 Å². The van der Waals surface area contributed by atoms with Crippen LogP contribution < -0.4 is 5.32 Å². The van der Waals surface area contributed by atoms with Crippen molar-refractivity contribution in [3.05, 3.63) is 82.1 Å². The monoisotopic (exact) mass is 343 g/mol. The SMILES string of the molecule is CNC(c1ccccc1F)c1ccc(Br)c2ccccc12. The lowest BCUT2D eigenvalue weighted by molar-refractivity contribution is 0.577. The molecule has 1 N–H and O–H groups in total. The van der Waals surface area contributed by atoms with E-state index in [-0.39, 0.29) is 11.9 Å². The first-order valence-corrected chi connectivity index (χ1v) is 7.60. The number of nitrogens with one attached hydrogen (secondary N) is 1. The van der Waals surface area contributed by atoms with Crippen LogP contribution in [0.1, 0.15) is 17.2 Å².